The molecule has 1 heterocycles. The molecule has 0 aliphatic carbocycles. The summed E-state index contributed by atoms with van der Waals surface area (Å²) in [7, 11) is 0. The van der Waals surface area contributed by atoms with E-state index in [1.165, 1.54) is 0 Å². The zero-order valence-corrected chi connectivity index (χ0v) is 15.0. The van der Waals surface area contributed by atoms with E-state index in [1.54, 1.807) is 11.8 Å². The summed E-state index contributed by atoms with van der Waals surface area (Å²) < 4.78 is 0. The van der Waals surface area contributed by atoms with E-state index in [0.717, 1.165) is 12.8 Å². The summed E-state index contributed by atoms with van der Waals surface area (Å²) in [5, 5.41) is 13.5. The first-order chi connectivity index (χ1) is 10.8. The number of carbonyl (C=O) groups is 2. The van der Waals surface area contributed by atoms with E-state index in [2.05, 4.69) is 12.2 Å². The zero-order chi connectivity index (χ0) is 17.6. The molecule has 134 valence electrons. The lowest BCUT2D eigenvalue weighted by molar-refractivity contribution is -0.154. The number of carbonyl (C=O) groups excluding carboxylic acids is 2. The molecule has 0 aromatic carbocycles. The van der Waals surface area contributed by atoms with Crippen LogP contribution in [0.5, 0.6) is 0 Å². The molecule has 23 heavy (non-hydrogen) atoms. The first kappa shape index (κ1) is 19.9. The van der Waals surface area contributed by atoms with Gasteiger partial charge in [-0.3, -0.25) is 9.59 Å². The normalized spacial score (nSPS) is 20.1. The van der Waals surface area contributed by atoms with Crippen LogP contribution in [-0.2, 0) is 9.59 Å². The molecule has 0 spiro atoms. The predicted octanol–water partition coefficient (Wildman–Crippen LogP) is 0.876. The van der Waals surface area contributed by atoms with Gasteiger partial charge in [0.15, 0.2) is 0 Å². The number of nitrogens with zero attached hydrogens (tertiary/aromatic N) is 1. The van der Waals surface area contributed by atoms with Crippen LogP contribution in [0.15, 0.2) is 0 Å². The van der Waals surface area contributed by atoms with Gasteiger partial charge in [0.25, 0.3) is 0 Å². The predicted molar refractivity (Wildman–Crippen MR) is 90.7 cm³/mol. The van der Waals surface area contributed by atoms with Gasteiger partial charge in [-0.05, 0) is 38.3 Å². The average Bonchev–Trinajstić information content (AvgIpc) is 2.54. The molecule has 1 saturated heterocycles. The fourth-order valence-electron chi connectivity index (χ4n) is 3.31. The van der Waals surface area contributed by atoms with Crippen molar-refractivity contribution in [3.8, 4) is 0 Å². The van der Waals surface area contributed by atoms with Gasteiger partial charge in [-0.1, -0.05) is 34.1 Å². The molecule has 2 amide bonds. The largest absolute Gasteiger partial charge is 0.392 e. The van der Waals surface area contributed by atoms with Gasteiger partial charge in [-0.15, -0.1) is 0 Å². The number of unbranched alkanes of at least 4 members (excludes halogenated alkanes) is 1. The highest BCUT2D eigenvalue weighted by molar-refractivity contribution is 5.91. The third-order valence-corrected chi connectivity index (χ3v) is 4.99. The third kappa shape index (κ3) is 4.44. The van der Waals surface area contributed by atoms with E-state index in [-0.39, 0.29) is 11.8 Å². The van der Waals surface area contributed by atoms with Crippen LogP contribution in [0.3, 0.4) is 0 Å². The molecule has 0 radical (unpaired) electrons. The van der Waals surface area contributed by atoms with Gasteiger partial charge in [-0.25, -0.2) is 0 Å². The second-order valence-corrected chi connectivity index (χ2v) is 7.01. The number of rotatable bonds is 8. The van der Waals surface area contributed by atoms with Crippen LogP contribution < -0.4 is 11.1 Å². The number of primary amides is 1. The maximum Gasteiger partial charge on any atom is 0.243 e. The monoisotopic (exact) mass is 327 g/mol. The van der Waals surface area contributed by atoms with Gasteiger partial charge in [0, 0.05) is 6.54 Å². The molecule has 4 N–H and O–H groups in total. The van der Waals surface area contributed by atoms with Crippen LogP contribution in [-0.4, -0.2) is 53.1 Å². The van der Waals surface area contributed by atoms with E-state index >= 15 is 0 Å². The molecule has 1 rings (SSSR count). The van der Waals surface area contributed by atoms with Crippen molar-refractivity contribution >= 4 is 11.8 Å². The van der Waals surface area contributed by atoms with Crippen LogP contribution in [0.4, 0.5) is 0 Å². The van der Waals surface area contributed by atoms with Crippen molar-refractivity contribution in [2.75, 3.05) is 19.6 Å². The van der Waals surface area contributed by atoms with Crippen molar-refractivity contribution in [3.05, 3.63) is 0 Å². The van der Waals surface area contributed by atoms with Crippen molar-refractivity contribution in [2.45, 2.75) is 65.0 Å². The summed E-state index contributed by atoms with van der Waals surface area (Å²) in [6.45, 7) is 9.40. The van der Waals surface area contributed by atoms with Gasteiger partial charge in [0.2, 0.25) is 11.8 Å². The molecule has 6 heteroatoms. The van der Waals surface area contributed by atoms with E-state index in [1.807, 2.05) is 13.8 Å². The number of aliphatic hydroxyl groups is 1. The SMILES string of the molecule is CCCCN(C(=O)[C@H](C)C(O)C(C)C)C1(C(N)=O)CCNCC1. The molecule has 1 aliphatic rings. The average molecular weight is 327 g/mol. The number of aliphatic hydroxyl groups excluding tert-OH is 1. The number of hydrogen-bond donors (Lipinski definition) is 3. The van der Waals surface area contributed by atoms with Gasteiger partial charge < -0.3 is 21.1 Å². The number of nitrogens with two attached hydrogens (primary N) is 1. The standard InChI is InChI=1S/C17H33N3O3/c1-5-6-11-20(15(22)13(4)14(21)12(2)3)17(16(18)23)7-9-19-10-8-17/h12-14,19,21H,5-11H2,1-4H3,(H2,18,23)/t13-,14?/m1/s1. The molecule has 2 atom stereocenters. The third-order valence-electron chi connectivity index (χ3n) is 4.99. The lowest BCUT2D eigenvalue weighted by Crippen LogP contribution is -2.65. The Morgan fingerprint density at radius 3 is 2.26 bits per heavy atom. The smallest absolute Gasteiger partial charge is 0.243 e. The first-order valence-electron chi connectivity index (χ1n) is 8.78. The molecule has 1 aliphatic heterocycles. The van der Waals surface area contributed by atoms with Crippen molar-refractivity contribution < 1.29 is 14.7 Å². The Kier molecular flexibility index (Phi) is 7.48. The molecular formula is C17H33N3O3. The van der Waals surface area contributed by atoms with Crippen LogP contribution in [0.2, 0.25) is 0 Å². The second-order valence-electron chi connectivity index (χ2n) is 7.01. The summed E-state index contributed by atoms with van der Waals surface area (Å²) in [5.41, 5.74) is 4.80. The van der Waals surface area contributed by atoms with E-state index < -0.39 is 23.5 Å². The van der Waals surface area contributed by atoms with Crippen LogP contribution >= 0.6 is 0 Å². The van der Waals surface area contributed by atoms with Crippen LogP contribution in [0.25, 0.3) is 0 Å². The summed E-state index contributed by atoms with van der Waals surface area (Å²) in [5.74, 6) is -1.16. The van der Waals surface area contributed by atoms with Crippen molar-refractivity contribution in [1.82, 2.24) is 10.2 Å². The number of hydrogen-bond acceptors (Lipinski definition) is 4. The van der Waals surface area contributed by atoms with Crippen molar-refractivity contribution in [1.29, 1.82) is 0 Å². The molecular weight excluding hydrogens is 294 g/mol. The summed E-state index contributed by atoms with van der Waals surface area (Å²) in [6, 6.07) is 0. The van der Waals surface area contributed by atoms with Gasteiger partial charge in [-0.2, -0.15) is 0 Å². The summed E-state index contributed by atoms with van der Waals surface area (Å²) >= 11 is 0. The molecule has 1 unspecified atom stereocenters. The first-order valence-corrected chi connectivity index (χ1v) is 8.78. The molecule has 0 aromatic rings. The minimum Gasteiger partial charge on any atom is -0.392 e. The number of nitrogens with one attached hydrogen (secondary N) is 1. The second kappa shape index (κ2) is 8.64. The van der Waals surface area contributed by atoms with Crippen molar-refractivity contribution in [2.24, 2.45) is 17.6 Å². The Morgan fingerprint density at radius 1 is 1.26 bits per heavy atom. The minimum atomic E-state index is -0.928. The summed E-state index contributed by atoms with van der Waals surface area (Å²) in [4.78, 5) is 27.0. The highest BCUT2D eigenvalue weighted by Crippen LogP contribution is 2.29. The Labute approximate surface area is 139 Å². The molecule has 1 fully saturated rings. The van der Waals surface area contributed by atoms with Crippen molar-refractivity contribution in [3.63, 3.8) is 0 Å². The van der Waals surface area contributed by atoms with E-state index in [9.17, 15) is 14.7 Å². The van der Waals surface area contributed by atoms with E-state index in [0.29, 0.717) is 32.5 Å². The zero-order valence-electron chi connectivity index (χ0n) is 15.0. The fourth-order valence-corrected chi connectivity index (χ4v) is 3.31. The van der Waals surface area contributed by atoms with E-state index in [4.69, 9.17) is 5.73 Å². The van der Waals surface area contributed by atoms with Gasteiger partial charge >= 0.3 is 0 Å². The Bertz CT molecular complexity index is 406. The number of amides is 2. The Hall–Kier alpha value is -1.14. The molecule has 6 nitrogen and oxygen atoms in total. The molecule has 0 bridgehead atoms. The quantitative estimate of drug-likeness (QED) is 0.616. The maximum absolute atomic E-state index is 13.0. The topological polar surface area (TPSA) is 95.7 Å². The highest BCUT2D eigenvalue weighted by atomic mass is 16.3. The van der Waals surface area contributed by atoms with Crippen LogP contribution in [0, 0.1) is 11.8 Å². The van der Waals surface area contributed by atoms with Crippen LogP contribution in [0.1, 0.15) is 53.4 Å². The Morgan fingerprint density at radius 2 is 1.83 bits per heavy atom. The lowest BCUT2D eigenvalue weighted by Gasteiger charge is -2.45. The minimum absolute atomic E-state index is 0.0143. The number of piperidine rings is 1. The fraction of sp³-hybridized carbons (Fsp3) is 0.882. The van der Waals surface area contributed by atoms with Gasteiger partial charge in [0.1, 0.15) is 5.54 Å². The molecule has 0 aromatic heterocycles. The van der Waals surface area contributed by atoms with Gasteiger partial charge in [0.05, 0.1) is 12.0 Å². The Balaban J connectivity index is 3.10. The lowest BCUT2D eigenvalue weighted by atomic mass is 9.83. The molecule has 0 saturated carbocycles. The summed E-state index contributed by atoms with van der Waals surface area (Å²) in [6.07, 6.45) is 2.08. The maximum atomic E-state index is 13.0. The highest BCUT2D eigenvalue weighted by Gasteiger charge is 2.47.